The van der Waals surface area contributed by atoms with E-state index in [1.54, 1.807) is 0 Å². The lowest BCUT2D eigenvalue weighted by molar-refractivity contribution is -0.445. The minimum atomic E-state index is -7.60. The second kappa shape index (κ2) is 5.58. The lowest BCUT2D eigenvalue weighted by atomic mass is 9.76. The molecule has 22 heavy (non-hydrogen) atoms. The van der Waals surface area contributed by atoms with Crippen LogP contribution in [0.5, 0.6) is 0 Å². The molecule has 0 spiro atoms. The Morgan fingerprint density at radius 1 is 0.500 bits per heavy atom. The number of halogens is 14. The van der Waals surface area contributed by atoms with Gasteiger partial charge in [0.05, 0.1) is 0 Å². The van der Waals surface area contributed by atoms with E-state index in [0.29, 0.717) is 22.6 Å². The van der Waals surface area contributed by atoms with Crippen molar-refractivity contribution in [2.24, 2.45) is 5.41 Å². The normalized spacial score (nSPS) is 16.5. The van der Waals surface area contributed by atoms with Gasteiger partial charge in [-0.3, -0.25) is 0 Å². The first-order valence-corrected chi connectivity index (χ1v) is 5.79. The summed E-state index contributed by atoms with van der Waals surface area (Å²) in [6, 6.07) is 0. The van der Waals surface area contributed by atoms with Gasteiger partial charge in [0, 0.05) is 0 Å². The van der Waals surface area contributed by atoms with Gasteiger partial charge in [-0.05, 0) is 10.2 Å². The van der Waals surface area contributed by atoms with Gasteiger partial charge in [-0.15, -0.1) is 0 Å². The highest BCUT2D eigenvalue weighted by Crippen LogP contribution is 2.66. The van der Waals surface area contributed by atoms with Crippen LogP contribution < -0.4 is 0 Å². The zero-order valence-electron chi connectivity index (χ0n) is 9.45. The van der Waals surface area contributed by atoms with Crippen molar-refractivity contribution in [2.45, 2.75) is 30.4 Å². The maximum absolute atomic E-state index is 13.2. The van der Waals surface area contributed by atoms with Gasteiger partial charge in [0.15, 0.2) is 0 Å². The lowest BCUT2D eigenvalue weighted by Crippen LogP contribution is -2.69. The van der Waals surface area contributed by atoms with E-state index in [2.05, 4.69) is 0 Å². The predicted octanol–water partition coefficient (Wildman–Crippen LogP) is 5.88. The summed E-state index contributed by atoms with van der Waals surface area (Å²) in [4.78, 5) is 0. The summed E-state index contributed by atoms with van der Waals surface area (Å²) in [7, 11) is 0. The van der Waals surface area contributed by atoms with Gasteiger partial charge in [-0.25, -0.2) is 0 Å². The Hall–Kier alpha value is -0.440. The average molecular weight is 472 g/mol. The first-order valence-electron chi connectivity index (χ1n) is 4.55. The summed E-state index contributed by atoms with van der Waals surface area (Å²) >= 11 is 0.542. The SMILES string of the molecule is FC(F)(F)C(F)(F)C(F)(F)C(/C=C/I)(C(F)(F)F)C(F)(F)F. The zero-order valence-corrected chi connectivity index (χ0v) is 11.6. The lowest BCUT2D eigenvalue weighted by Gasteiger charge is -2.43. The smallest absolute Gasteiger partial charge is 0.198 e. The van der Waals surface area contributed by atoms with Gasteiger partial charge in [0.2, 0.25) is 5.41 Å². The van der Waals surface area contributed by atoms with Gasteiger partial charge >= 0.3 is 30.4 Å². The first kappa shape index (κ1) is 21.6. The molecule has 14 heteroatoms. The summed E-state index contributed by atoms with van der Waals surface area (Å²) in [6.45, 7) is 0. The number of hydrogen-bond acceptors (Lipinski definition) is 0. The van der Waals surface area contributed by atoms with Gasteiger partial charge in [0.1, 0.15) is 0 Å². The minimum absolute atomic E-state index is 0.376. The van der Waals surface area contributed by atoms with Crippen molar-refractivity contribution >= 4 is 22.6 Å². The first-order chi connectivity index (χ1) is 9.31. The standard InChI is InChI=1S/C8H2F13I/c9-4(10,5(11,12)8(19,20)21)3(1-2-22,6(13,14)15)7(16,17)18/h1-2H/b2-1+. The number of hydrogen-bond donors (Lipinski definition) is 0. The molecule has 0 aliphatic heterocycles. The Balaban J connectivity index is 6.84. The predicted molar refractivity (Wildman–Crippen MR) is 53.7 cm³/mol. The van der Waals surface area contributed by atoms with E-state index < -0.39 is 41.9 Å². The Bertz CT molecular complexity index is 409. The topological polar surface area (TPSA) is 0 Å². The molecule has 0 rings (SSSR count). The van der Waals surface area contributed by atoms with Crippen LogP contribution in [0.15, 0.2) is 10.2 Å². The molecule has 0 atom stereocenters. The molecule has 0 aromatic carbocycles. The van der Waals surface area contributed by atoms with Gasteiger partial charge in [-0.2, -0.15) is 57.1 Å². The minimum Gasteiger partial charge on any atom is -0.198 e. The van der Waals surface area contributed by atoms with Crippen molar-refractivity contribution in [3.05, 3.63) is 10.2 Å². The van der Waals surface area contributed by atoms with Crippen molar-refractivity contribution in [3.8, 4) is 0 Å². The van der Waals surface area contributed by atoms with E-state index in [9.17, 15) is 57.1 Å². The van der Waals surface area contributed by atoms with Crippen molar-refractivity contribution < 1.29 is 57.1 Å². The Kier molecular flexibility index (Phi) is 5.46. The van der Waals surface area contributed by atoms with E-state index in [1.807, 2.05) is 0 Å². The Morgan fingerprint density at radius 3 is 1.00 bits per heavy atom. The number of alkyl halides is 13. The third-order valence-electron chi connectivity index (χ3n) is 2.45. The van der Waals surface area contributed by atoms with Crippen LogP contribution in [-0.2, 0) is 0 Å². The van der Waals surface area contributed by atoms with Crippen LogP contribution in [0.3, 0.4) is 0 Å². The molecular formula is C8H2F13I. The van der Waals surface area contributed by atoms with E-state index >= 15 is 0 Å². The van der Waals surface area contributed by atoms with Crippen molar-refractivity contribution in [1.29, 1.82) is 0 Å². The zero-order chi connectivity index (χ0) is 18.4. The van der Waals surface area contributed by atoms with Crippen molar-refractivity contribution in [1.82, 2.24) is 0 Å². The summed E-state index contributed by atoms with van der Waals surface area (Å²) in [5.74, 6) is -15.2. The average Bonchev–Trinajstić information content (AvgIpc) is 2.19. The second-order valence-corrected chi connectivity index (χ2v) is 4.46. The highest BCUT2D eigenvalue weighted by Gasteiger charge is 2.91. The molecule has 0 N–H and O–H groups in total. The van der Waals surface area contributed by atoms with Crippen molar-refractivity contribution in [2.75, 3.05) is 0 Å². The van der Waals surface area contributed by atoms with Crippen LogP contribution in [0.25, 0.3) is 0 Å². The molecule has 0 amide bonds. The largest absolute Gasteiger partial charge is 0.459 e. The highest BCUT2D eigenvalue weighted by atomic mass is 127. The van der Waals surface area contributed by atoms with Crippen LogP contribution in [0, 0.1) is 5.41 Å². The molecule has 0 aromatic rings. The fraction of sp³-hybridized carbons (Fsp3) is 0.750. The van der Waals surface area contributed by atoms with Crippen LogP contribution in [0.1, 0.15) is 0 Å². The fourth-order valence-electron chi connectivity index (χ4n) is 1.33. The molecule has 0 aromatic heterocycles. The second-order valence-electron chi connectivity index (χ2n) is 3.74. The van der Waals surface area contributed by atoms with E-state index in [-0.39, 0.29) is 4.08 Å². The summed E-state index contributed by atoms with van der Waals surface area (Å²) < 4.78 is 162. The van der Waals surface area contributed by atoms with Gasteiger partial charge in [-0.1, -0.05) is 22.6 Å². The van der Waals surface area contributed by atoms with Gasteiger partial charge < -0.3 is 0 Å². The van der Waals surface area contributed by atoms with Crippen molar-refractivity contribution in [3.63, 3.8) is 0 Å². The van der Waals surface area contributed by atoms with Crippen LogP contribution in [0.4, 0.5) is 57.1 Å². The van der Waals surface area contributed by atoms with E-state index in [0.717, 1.165) is 0 Å². The highest BCUT2D eigenvalue weighted by molar-refractivity contribution is 14.1. The third-order valence-corrected chi connectivity index (χ3v) is 2.81. The molecule has 0 aliphatic carbocycles. The summed E-state index contributed by atoms with van der Waals surface area (Å²) in [6.07, 6.45) is -23.2. The molecule has 0 saturated heterocycles. The Morgan fingerprint density at radius 2 is 0.818 bits per heavy atom. The molecule has 0 nitrogen and oxygen atoms in total. The van der Waals surface area contributed by atoms with E-state index in [4.69, 9.17) is 0 Å². The van der Waals surface area contributed by atoms with Crippen LogP contribution >= 0.6 is 22.6 Å². The third kappa shape index (κ3) is 2.86. The fourth-order valence-corrected chi connectivity index (χ4v) is 1.87. The maximum Gasteiger partial charge on any atom is 0.459 e. The molecule has 0 radical (unpaired) electrons. The Labute approximate surface area is 126 Å². The molecular weight excluding hydrogens is 470 g/mol. The molecule has 0 heterocycles. The molecule has 0 unspecified atom stereocenters. The molecule has 0 saturated carbocycles. The maximum atomic E-state index is 13.2. The molecule has 0 aliphatic rings. The van der Waals surface area contributed by atoms with E-state index in [1.165, 1.54) is 0 Å². The molecule has 0 fully saturated rings. The summed E-state index contributed by atoms with van der Waals surface area (Å²) in [5, 5.41) is 0. The monoisotopic (exact) mass is 472 g/mol. The van der Waals surface area contributed by atoms with Gasteiger partial charge in [0.25, 0.3) is 0 Å². The van der Waals surface area contributed by atoms with Crippen LogP contribution in [0.2, 0.25) is 0 Å². The molecule has 0 bridgehead atoms. The molecule has 132 valence electrons. The number of allylic oxidation sites excluding steroid dienone is 1. The quantitative estimate of drug-likeness (QED) is 0.356. The summed E-state index contributed by atoms with van der Waals surface area (Å²) in [5.41, 5.74) is -6.73. The number of rotatable bonds is 3. The van der Waals surface area contributed by atoms with Crippen LogP contribution in [-0.4, -0.2) is 30.4 Å².